The second-order valence-electron chi connectivity index (χ2n) is 6.36. The predicted molar refractivity (Wildman–Crippen MR) is 98.6 cm³/mol. The van der Waals surface area contributed by atoms with Crippen molar-refractivity contribution in [1.82, 2.24) is 15.1 Å². The first-order valence-electron chi connectivity index (χ1n) is 8.47. The second kappa shape index (κ2) is 9.18. The maximum absolute atomic E-state index is 13.3. The highest BCUT2D eigenvalue weighted by molar-refractivity contribution is 5.74. The lowest BCUT2D eigenvalue weighted by Crippen LogP contribution is -2.39. The van der Waals surface area contributed by atoms with Crippen LogP contribution >= 0.6 is 0 Å². The summed E-state index contributed by atoms with van der Waals surface area (Å²) < 4.78 is 13.3. The first-order valence-corrected chi connectivity index (χ1v) is 8.47. The van der Waals surface area contributed by atoms with E-state index in [4.69, 9.17) is 0 Å². The summed E-state index contributed by atoms with van der Waals surface area (Å²) in [6.45, 7) is 4.23. The predicted octanol–water partition coefficient (Wildman–Crippen LogP) is 3.62. The maximum Gasteiger partial charge on any atom is 0.317 e. The Morgan fingerprint density at radius 2 is 1.68 bits per heavy atom. The molecular formula is C20H26FN3O. The Bertz CT molecular complexity index is 686. The van der Waals surface area contributed by atoms with E-state index < -0.39 is 0 Å². The van der Waals surface area contributed by atoms with Crippen molar-refractivity contribution >= 4 is 6.03 Å². The van der Waals surface area contributed by atoms with Gasteiger partial charge in [0.25, 0.3) is 0 Å². The van der Waals surface area contributed by atoms with Crippen molar-refractivity contribution in [3.05, 3.63) is 71.0 Å². The highest BCUT2D eigenvalue weighted by Gasteiger charge is 2.12. The standard InChI is InChI=1S/C20H26FN3O/c1-4-24(15-18-6-5-7-19(21)12-18)20(25)22-13-16-8-10-17(11-9-16)14-23(2)3/h5-12H,4,13-15H2,1-3H3,(H,22,25). The first kappa shape index (κ1) is 18.9. The number of hydrogen-bond acceptors (Lipinski definition) is 2. The van der Waals surface area contributed by atoms with Crippen molar-refractivity contribution in [3.63, 3.8) is 0 Å². The molecule has 0 spiro atoms. The SMILES string of the molecule is CCN(Cc1cccc(F)c1)C(=O)NCc1ccc(CN(C)C)cc1. The highest BCUT2D eigenvalue weighted by Crippen LogP contribution is 2.09. The Hall–Kier alpha value is -2.40. The Morgan fingerprint density at radius 3 is 2.28 bits per heavy atom. The smallest absolute Gasteiger partial charge is 0.317 e. The van der Waals surface area contributed by atoms with Gasteiger partial charge in [0, 0.05) is 26.2 Å². The monoisotopic (exact) mass is 343 g/mol. The van der Waals surface area contributed by atoms with Crippen LogP contribution in [0.3, 0.4) is 0 Å². The molecule has 2 rings (SSSR count). The average Bonchev–Trinajstić information content (AvgIpc) is 2.58. The van der Waals surface area contributed by atoms with E-state index in [0.717, 1.165) is 17.7 Å². The van der Waals surface area contributed by atoms with Crippen molar-refractivity contribution in [1.29, 1.82) is 0 Å². The van der Waals surface area contributed by atoms with Crippen LogP contribution in [0.5, 0.6) is 0 Å². The number of carbonyl (C=O) groups is 1. The zero-order chi connectivity index (χ0) is 18.2. The van der Waals surface area contributed by atoms with Gasteiger partial charge in [-0.3, -0.25) is 0 Å². The minimum atomic E-state index is -0.285. The summed E-state index contributed by atoms with van der Waals surface area (Å²) in [7, 11) is 4.07. The second-order valence-corrected chi connectivity index (χ2v) is 6.36. The number of nitrogens with one attached hydrogen (secondary N) is 1. The molecule has 0 aliphatic heterocycles. The molecule has 2 amide bonds. The molecule has 0 fully saturated rings. The van der Waals surface area contributed by atoms with Gasteiger partial charge >= 0.3 is 6.03 Å². The lowest BCUT2D eigenvalue weighted by molar-refractivity contribution is 0.197. The van der Waals surface area contributed by atoms with E-state index in [0.29, 0.717) is 19.6 Å². The van der Waals surface area contributed by atoms with E-state index in [1.54, 1.807) is 11.0 Å². The lowest BCUT2D eigenvalue weighted by atomic mass is 10.1. The third kappa shape index (κ3) is 6.19. The minimum absolute atomic E-state index is 0.149. The van der Waals surface area contributed by atoms with E-state index in [1.165, 1.54) is 17.7 Å². The van der Waals surface area contributed by atoms with Gasteiger partial charge < -0.3 is 15.1 Å². The molecule has 2 aromatic rings. The number of amides is 2. The van der Waals surface area contributed by atoms with Crippen LogP contribution in [-0.4, -0.2) is 36.5 Å². The molecule has 0 saturated heterocycles. The Labute approximate surface area is 149 Å². The molecule has 0 unspecified atom stereocenters. The zero-order valence-corrected chi connectivity index (χ0v) is 15.1. The zero-order valence-electron chi connectivity index (χ0n) is 15.1. The van der Waals surface area contributed by atoms with E-state index in [-0.39, 0.29) is 11.8 Å². The molecule has 0 aromatic heterocycles. The van der Waals surface area contributed by atoms with Crippen molar-refractivity contribution in [3.8, 4) is 0 Å². The largest absolute Gasteiger partial charge is 0.334 e. The summed E-state index contributed by atoms with van der Waals surface area (Å²) in [5, 5.41) is 2.93. The molecule has 2 aromatic carbocycles. The topological polar surface area (TPSA) is 35.6 Å². The van der Waals surface area contributed by atoms with Crippen LogP contribution < -0.4 is 5.32 Å². The number of halogens is 1. The summed E-state index contributed by atoms with van der Waals surface area (Å²) in [6.07, 6.45) is 0. The van der Waals surface area contributed by atoms with Gasteiger partial charge in [-0.2, -0.15) is 0 Å². The van der Waals surface area contributed by atoms with Gasteiger partial charge in [0.15, 0.2) is 0 Å². The summed E-state index contributed by atoms with van der Waals surface area (Å²) in [5.74, 6) is -0.285. The summed E-state index contributed by atoms with van der Waals surface area (Å²) in [5.41, 5.74) is 3.07. The number of rotatable bonds is 7. The lowest BCUT2D eigenvalue weighted by Gasteiger charge is -2.21. The molecule has 0 radical (unpaired) electrons. The average molecular weight is 343 g/mol. The molecule has 4 nitrogen and oxygen atoms in total. The summed E-state index contributed by atoms with van der Waals surface area (Å²) in [4.78, 5) is 16.1. The van der Waals surface area contributed by atoms with Gasteiger partial charge in [0.2, 0.25) is 0 Å². The van der Waals surface area contributed by atoms with E-state index in [9.17, 15) is 9.18 Å². The minimum Gasteiger partial charge on any atom is -0.334 e. The van der Waals surface area contributed by atoms with Gasteiger partial charge in [-0.15, -0.1) is 0 Å². The fourth-order valence-corrected chi connectivity index (χ4v) is 2.60. The van der Waals surface area contributed by atoms with E-state index in [2.05, 4.69) is 22.3 Å². The molecule has 134 valence electrons. The normalized spacial score (nSPS) is 10.8. The molecule has 0 saturated carbocycles. The van der Waals surface area contributed by atoms with Crippen LogP contribution in [0, 0.1) is 5.82 Å². The molecule has 0 aliphatic rings. The third-order valence-corrected chi connectivity index (χ3v) is 3.90. The number of urea groups is 1. The molecule has 0 heterocycles. The van der Waals surface area contributed by atoms with Crippen LogP contribution in [0.15, 0.2) is 48.5 Å². The third-order valence-electron chi connectivity index (χ3n) is 3.90. The van der Waals surface area contributed by atoms with Gasteiger partial charge in [-0.1, -0.05) is 36.4 Å². The maximum atomic E-state index is 13.3. The van der Waals surface area contributed by atoms with Crippen LogP contribution in [0.2, 0.25) is 0 Å². The first-order chi connectivity index (χ1) is 12.0. The number of nitrogens with zero attached hydrogens (tertiary/aromatic N) is 2. The van der Waals surface area contributed by atoms with Crippen LogP contribution in [0.25, 0.3) is 0 Å². The number of hydrogen-bond donors (Lipinski definition) is 1. The fraction of sp³-hybridized carbons (Fsp3) is 0.350. The van der Waals surface area contributed by atoms with Crippen molar-refractivity contribution in [2.75, 3.05) is 20.6 Å². The van der Waals surface area contributed by atoms with Gasteiger partial charge in [-0.05, 0) is 49.8 Å². The van der Waals surface area contributed by atoms with Gasteiger partial charge in [0.05, 0.1) is 0 Å². The Morgan fingerprint density at radius 1 is 1.00 bits per heavy atom. The highest BCUT2D eigenvalue weighted by atomic mass is 19.1. The fourth-order valence-electron chi connectivity index (χ4n) is 2.60. The number of benzene rings is 2. The van der Waals surface area contributed by atoms with Crippen molar-refractivity contribution in [2.45, 2.75) is 26.6 Å². The Kier molecular flexibility index (Phi) is 6.95. The molecule has 0 atom stereocenters. The van der Waals surface area contributed by atoms with E-state index >= 15 is 0 Å². The van der Waals surface area contributed by atoms with Crippen LogP contribution in [0.4, 0.5) is 9.18 Å². The summed E-state index contributed by atoms with van der Waals surface area (Å²) >= 11 is 0. The molecular weight excluding hydrogens is 317 g/mol. The van der Waals surface area contributed by atoms with Gasteiger partial charge in [0.1, 0.15) is 5.82 Å². The van der Waals surface area contributed by atoms with Crippen LogP contribution in [0.1, 0.15) is 23.6 Å². The van der Waals surface area contributed by atoms with Crippen molar-refractivity contribution in [2.24, 2.45) is 0 Å². The molecule has 0 aliphatic carbocycles. The van der Waals surface area contributed by atoms with Crippen molar-refractivity contribution < 1.29 is 9.18 Å². The summed E-state index contributed by atoms with van der Waals surface area (Å²) in [6, 6.07) is 14.4. The molecule has 25 heavy (non-hydrogen) atoms. The van der Waals surface area contributed by atoms with E-state index in [1.807, 2.05) is 39.2 Å². The quantitative estimate of drug-likeness (QED) is 0.833. The molecule has 1 N–H and O–H groups in total. The Balaban J connectivity index is 1.89. The number of carbonyl (C=O) groups excluding carboxylic acids is 1. The van der Waals surface area contributed by atoms with Gasteiger partial charge in [-0.25, -0.2) is 9.18 Å². The molecule has 0 bridgehead atoms. The molecule has 5 heteroatoms. The van der Waals surface area contributed by atoms with Crippen LogP contribution in [-0.2, 0) is 19.6 Å².